The molecular weight excluding hydrogens is 307 g/mol. The smallest absolute Gasteiger partial charge is 0.248 e. The lowest BCUT2D eigenvalue weighted by Gasteiger charge is -2.05. The Morgan fingerprint density at radius 2 is 2.00 bits per heavy atom. The van der Waals surface area contributed by atoms with Crippen molar-refractivity contribution in [1.82, 2.24) is 14.8 Å². The normalized spacial score (nSPS) is 10.9. The molecule has 0 atom stereocenters. The molecule has 0 saturated carbocycles. The minimum atomic E-state index is -0.308. The number of nitrogens with zero attached hydrogens (tertiary/aromatic N) is 3. The maximum atomic E-state index is 12.8. The van der Waals surface area contributed by atoms with Crippen molar-refractivity contribution >= 4 is 17.7 Å². The molecule has 0 aliphatic heterocycles. The topological polar surface area (TPSA) is 59.8 Å². The van der Waals surface area contributed by atoms with Gasteiger partial charge >= 0.3 is 0 Å². The van der Waals surface area contributed by atoms with Gasteiger partial charge in [-0.05, 0) is 35.9 Å². The molecule has 0 saturated heterocycles. The molecule has 6 heteroatoms. The first-order valence-corrected chi connectivity index (χ1v) is 7.31. The molecule has 0 aliphatic rings. The summed E-state index contributed by atoms with van der Waals surface area (Å²) in [5.41, 5.74) is 2.26. The average Bonchev–Trinajstić information content (AvgIpc) is 3.01. The van der Waals surface area contributed by atoms with Crippen molar-refractivity contribution in [3.05, 3.63) is 72.3 Å². The molecule has 24 heavy (non-hydrogen) atoms. The molecule has 0 fully saturated rings. The summed E-state index contributed by atoms with van der Waals surface area (Å²) in [5.74, 6) is 0.139. The van der Waals surface area contributed by atoms with Gasteiger partial charge in [0, 0.05) is 24.4 Å². The van der Waals surface area contributed by atoms with E-state index in [1.54, 1.807) is 35.2 Å². The van der Waals surface area contributed by atoms with E-state index in [1.165, 1.54) is 18.2 Å². The van der Waals surface area contributed by atoms with Gasteiger partial charge in [-0.25, -0.2) is 4.39 Å². The minimum absolute atomic E-state index is 0.269. The lowest BCUT2D eigenvalue weighted by Crippen LogP contribution is -2.07. The Bertz CT molecular complexity index is 884. The van der Waals surface area contributed by atoms with Crippen molar-refractivity contribution in [3.63, 3.8) is 0 Å². The third-order valence-corrected chi connectivity index (χ3v) is 3.40. The zero-order chi connectivity index (χ0) is 16.9. The van der Waals surface area contributed by atoms with E-state index in [0.29, 0.717) is 11.5 Å². The van der Waals surface area contributed by atoms with Crippen molar-refractivity contribution in [3.8, 4) is 11.4 Å². The van der Waals surface area contributed by atoms with Gasteiger partial charge in [0.25, 0.3) is 0 Å². The molecule has 1 N–H and O–H groups in total. The largest absolute Gasteiger partial charge is 0.322 e. The summed E-state index contributed by atoms with van der Waals surface area (Å²) in [5, 5.41) is 10.7. The SMILES string of the molecule is Cn1cnnc1-c1cccc(NC(=O)/C=C/c2ccc(F)cc2)c1. The Balaban J connectivity index is 1.70. The fourth-order valence-electron chi connectivity index (χ4n) is 2.21. The zero-order valence-corrected chi connectivity index (χ0v) is 13.0. The van der Waals surface area contributed by atoms with Gasteiger partial charge in [0.2, 0.25) is 5.91 Å². The number of benzene rings is 2. The van der Waals surface area contributed by atoms with Crippen LogP contribution in [0, 0.1) is 5.82 Å². The molecule has 0 unspecified atom stereocenters. The predicted molar refractivity (Wildman–Crippen MR) is 90.5 cm³/mol. The second-order valence-corrected chi connectivity index (χ2v) is 5.22. The second kappa shape index (κ2) is 6.87. The molecule has 3 rings (SSSR count). The maximum absolute atomic E-state index is 12.8. The number of aryl methyl sites for hydroxylation is 1. The van der Waals surface area contributed by atoms with E-state index >= 15 is 0 Å². The highest BCUT2D eigenvalue weighted by atomic mass is 19.1. The summed E-state index contributed by atoms with van der Waals surface area (Å²) in [7, 11) is 1.85. The van der Waals surface area contributed by atoms with Crippen molar-refractivity contribution in [2.24, 2.45) is 7.05 Å². The van der Waals surface area contributed by atoms with Crippen molar-refractivity contribution in [2.75, 3.05) is 5.32 Å². The summed E-state index contributed by atoms with van der Waals surface area (Å²) in [6, 6.07) is 13.3. The highest BCUT2D eigenvalue weighted by Gasteiger charge is 2.06. The molecule has 5 nitrogen and oxygen atoms in total. The number of hydrogen-bond acceptors (Lipinski definition) is 3. The van der Waals surface area contributed by atoms with E-state index in [-0.39, 0.29) is 11.7 Å². The van der Waals surface area contributed by atoms with E-state index in [2.05, 4.69) is 15.5 Å². The summed E-state index contributed by atoms with van der Waals surface area (Å²) in [6.45, 7) is 0. The molecule has 1 aromatic heterocycles. The third-order valence-electron chi connectivity index (χ3n) is 3.40. The minimum Gasteiger partial charge on any atom is -0.322 e. The first-order valence-electron chi connectivity index (χ1n) is 7.31. The van der Waals surface area contributed by atoms with E-state index in [0.717, 1.165) is 11.1 Å². The van der Waals surface area contributed by atoms with Crippen LogP contribution in [0.25, 0.3) is 17.5 Å². The number of carbonyl (C=O) groups excluding carboxylic acids is 1. The van der Waals surface area contributed by atoms with Crippen LogP contribution in [0.4, 0.5) is 10.1 Å². The zero-order valence-electron chi connectivity index (χ0n) is 13.0. The highest BCUT2D eigenvalue weighted by molar-refractivity contribution is 6.02. The van der Waals surface area contributed by atoms with Gasteiger partial charge in [-0.2, -0.15) is 0 Å². The van der Waals surface area contributed by atoms with Crippen molar-refractivity contribution in [1.29, 1.82) is 0 Å². The molecule has 0 bridgehead atoms. The van der Waals surface area contributed by atoms with Crippen molar-refractivity contribution < 1.29 is 9.18 Å². The Morgan fingerprint density at radius 3 is 2.71 bits per heavy atom. The lowest BCUT2D eigenvalue weighted by atomic mass is 10.2. The summed E-state index contributed by atoms with van der Waals surface area (Å²) in [4.78, 5) is 12.0. The summed E-state index contributed by atoms with van der Waals surface area (Å²) < 4.78 is 14.6. The van der Waals surface area contributed by atoms with E-state index < -0.39 is 0 Å². The van der Waals surface area contributed by atoms with Gasteiger partial charge in [0.05, 0.1) is 0 Å². The number of aromatic nitrogens is 3. The quantitative estimate of drug-likeness (QED) is 0.750. The van der Waals surface area contributed by atoms with Crippen LogP contribution in [-0.4, -0.2) is 20.7 Å². The number of carbonyl (C=O) groups is 1. The molecule has 3 aromatic rings. The predicted octanol–water partition coefficient (Wildman–Crippen LogP) is 3.27. The fourth-order valence-corrected chi connectivity index (χ4v) is 2.21. The summed E-state index contributed by atoms with van der Waals surface area (Å²) >= 11 is 0. The molecule has 2 aromatic carbocycles. The molecule has 0 spiro atoms. The third kappa shape index (κ3) is 3.73. The number of nitrogens with one attached hydrogen (secondary N) is 1. The number of hydrogen-bond donors (Lipinski definition) is 1. The van der Waals surface area contributed by atoms with Crippen LogP contribution < -0.4 is 5.32 Å². The van der Waals surface area contributed by atoms with Crippen LogP contribution in [0.5, 0.6) is 0 Å². The number of halogens is 1. The Morgan fingerprint density at radius 1 is 1.21 bits per heavy atom. The van der Waals surface area contributed by atoms with E-state index in [9.17, 15) is 9.18 Å². The molecule has 1 heterocycles. The first-order chi connectivity index (χ1) is 11.6. The maximum Gasteiger partial charge on any atom is 0.248 e. The van der Waals surface area contributed by atoms with Crippen LogP contribution >= 0.6 is 0 Å². The van der Waals surface area contributed by atoms with Gasteiger partial charge < -0.3 is 9.88 Å². The van der Waals surface area contributed by atoms with Gasteiger partial charge in [0.1, 0.15) is 12.1 Å². The fraction of sp³-hybridized carbons (Fsp3) is 0.0556. The van der Waals surface area contributed by atoms with Crippen LogP contribution in [0.2, 0.25) is 0 Å². The average molecular weight is 322 g/mol. The Kier molecular flexibility index (Phi) is 4.47. The molecule has 120 valence electrons. The first kappa shape index (κ1) is 15.6. The van der Waals surface area contributed by atoms with Crippen LogP contribution in [0.3, 0.4) is 0 Å². The van der Waals surface area contributed by atoms with Gasteiger partial charge in [-0.1, -0.05) is 24.3 Å². The Labute approximate surface area is 138 Å². The molecular formula is C18H15FN4O. The number of amides is 1. The monoisotopic (exact) mass is 322 g/mol. The lowest BCUT2D eigenvalue weighted by molar-refractivity contribution is -0.111. The van der Waals surface area contributed by atoms with Gasteiger partial charge in [-0.15, -0.1) is 10.2 Å². The van der Waals surface area contributed by atoms with Gasteiger partial charge in [-0.3, -0.25) is 4.79 Å². The van der Waals surface area contributed by atoms with Crippen LogP contribution in [-0.2, 0) is 11.8 Å². The standard InChI is InChI=1S/C18H15FN4O/c1-23-12-20-22-18(23)14-3-2-4-16(11-14)21-17(24)10-7-13-5-8-15(19)9-6-13/h2-12H,1H3,(H,21,24)/b10-7+. The van der Waals surface area contributed by atoms with Crippen LogP contribution in [0.1, 0.15) is 5.56 Å². The van der Waals surface area contributed by atoms with Crippen molar-refractivity contribution in [2.45, 2.75) is 0 Å². The number of rotatable bonds is 4. The molecule has 0 aliphatic carbocycles. The highest BCUT2D eigenvalue weighted by Crippen LogP contribution is 2.20. The van der Waals surface area contributed by atoms with Gasteiger partial charge in [0.15, 0.2) is 5.82 Å². The Hall–Kier alpha value is -3.28. The molecule has 1 amide bonds. The number of anilines is 1. The van der Waals surface area contributed by atoms with E-state index in [1.807, 2.05) is 25.2 Å². The second-order valence-electron chi connectivity index (χ2n) is 5.22. The van der Waals surface area contributed by atoms with Crippen LogP contribution in [0.15, 0.2) is 60.9 Å². The summed E-state index contributed by atoms with van der Waals surface area (Å²) in [6.07, 6.45) is 4.65. The molecule has 0 radical (unpaired) electrons. The van der Waals surface area contributed by atoms with E-state index in [4.69, 9.17) is 0 Å².